The summed E-state index contributed by atoms with van der Waals surface area (Å²) >= 11 is 0. The molecule has 0 spiro atoms. The first kappa shape index (κ1) is 11.1. The van der Waals surface area contributed by atoms with Crippen molar-refractivity contribution in [2.45, 2.75) is 37.9 Å². The minimum Gasteiger partial charge on any atom is -0.497 e. The van der Waals surface area contributed by atoms with E-state index in [2.05, 4.69) is 6.92 Å². The quantitative estimate of drug-likeness (QED) is 0.776. The molecule has 0 aromatic heterocycles. The van der Waals surface area contributed by atoms with Gasteiger partial charge in [-0.15, -0.1) is 0 Å². The Hall–Kier alpha value is -1.06. The largest absolute Gasteiger partial charge is 0.497 e. The molecule has 2 N–H and O–H groups in total. The molecule has 2 aliphatic rings. The molecule has 3 atom stereocenters. The molecule has 92 valence electrons. The average Bonchev–Trinajstić information content (AvgIpc) is 2.68. The topological polar surface area (TPSA) is 49.7 Å². The lowest BCUT2D eigenvalue weighted by atomic mass is 9.76. The van der Waals surface area contributed by atoms with Crippen LogP contribution in [0.25, 0.3) is 0 Å². The zero-order chi connectivity index (χ0) is 12.3. The monoisotopic (exact) mass is 234 g/mol. The smallest absolute Gasteiger partial charge is 0.121 e. The Morgan fingerprint density at radius 1 is 1.41 bits per heavy atom. The van der Waals surface area contributed by atoms with E-state index in [4.69, 9.17) is 4.74 Å². The number of hydrogen-bond donors (Lipinski definition) is 2. The van der Waals surface area contributed by atoms with E-state index in [0.717, 1.165) is 29.7 Å². The van der Waals surface area contributed by atoms with Crippen LogP contribution in [0.15, 0.2) is 18.2 Å². The van der Waals surface area contributed by atoms with Gasteiger partial charge in [0.05, 0.1) is 13.2 Å². The Morgan fingerprint density at radius 3 is 2.88 bits per heavy atom. The van der Waals surface area contributed by atoms with Gasteiger partial charge < -0.3 is 14.9 Å². The van der Waals surface area contributed by atoms with Gasteiger partial charge in [-0.3, -0.25) is 0 Å². The van der Waals surface area contributed by atoms with Crippen LogP contribution in [0.5, 0.6) is 5.75 Å². The fourth-order valence-electron chi connectivity index (χ4n) is 3.60. The van der Waals surface area contributed by atoms with E-state index in [-0.39, 0.29) is 5.41 Å². The molecule has 0 bridgehead atoms. The maximum atomic E-state index is 10.9. The van der Waals surface area contributed by atoms with Gasteiger partial charge in [0.25, 0.3) is 0 Å². The van der Waals surface area contributed by atoms with Crippen molar-refractivity contribution >= 4 is 0 Å². The number of ether oxygens (including phenoxy) is 1. The van der Waals surface area contributed by atoms with Crippen molar-refractivity contribution in [2.24, 2.45) is 5.41 Å². The lowest BCUT2D eigenvalue weighted by molar-refractivity contribution is -0.113. The lowest BCUT2D eigenvalue weighted by Crippen LogP contribution is -2.43. The third-order valence-electron chi connectivity index (χ3n) is 4.68. The number of aliphatic hydroxyl groups is 2. The summed E-state index contributed by atoms with van der Waals surface area (Å²) in [6.45, 7) is 2.07. The summed E-state index contributed by atoms with van der Waals surface area (Å²) in [5.41, 5.74) is 0.650. The molecule has 0 amide bonds. The molecule has 3 heteroatoms. The molecule has 0 unspecified atom stereocenters. The predicted octanol–water partition coefficient (Wildman–Crippen LogP) is 1.60. The van der Waals surface area contributed by atoms with Crippen molar-refractivity contribution in [3.8, 4) is 5.75 Å². The fourth-order valence-corrected chi connectivity index (χ4v) is 3.60. The molecule has 2 aliphatic carbocycles. The van der Waals surface area contributed by atoms with Crippen LogP contribution in [-0.4, -0.2) is 23.4 Å². The normalized spacial score (nSPS) is 38.9. The number of rotatable bonds is 1. The SMILES string of the molecule is COc1ccc2c(c1)[C@]1(O)[C@@H](O)CC[C@]1(C)C2. The molecule has 0 radical (unpaired) electrons. The van der Waals surface area contributed by atoms with Gasteiger partial charge in [-0.2, -0.15) is 0 Å². The summed E-state index contributed by atoms with van der Waals surface area (Å²) < 4.78 is 5.21. The molecule has 0 aliphatic heterocycles. The predicted molar refractivity (Wildman–Crippen MR) is 63.9 cm³/mol. The Labute approximate surface area is 101 Å². The highest BCUT2D eigenvalue weighted by molar-refractivity contribution is 5.47. The molecule has 1 saturated carbocycles. The maximum Gasteiger partial charge on any atom is 0.121 e. The van der Waals surface area contributed by atoms with Gasteiger partial charge in [-0.1, -0.05) is 13.0 Å². The molecule has 3 rings (SSSR count). The fraction of sp³-hybridized carbons (Fsp3) is 0.571. The number of hydrogen-bond acceptors (Lipinski definition) is 3. The minimum absolute atomic E-state index is 0.235. The highest BCUT2D eigenvalue weighted by Crippen LogP contribution is 2.60. The number of benzene rings is 1. The second kappa shape index (κ2) is 3.24. The Balaban J connectivity index is 2.19. The first-order chi connectivity index (χ1) is 8.01. The summed E-state index contributed by atoms with van der Waals surface area (Å²) in [4.78, 5) is 0. The zero-order valence-electron chi connectivity index (χ0n) is 10.2. The van der Waals surface area contributed by atoms with Crippen LogP contribution in [0.2, 0.25) is 0 Å². The van der Waals surface area contributed by atoms with Crippen LogP contribution < -0.4 is 4.74 Å². The van der Waals surface area contributed by atoms with E-state index in [9.17, 15) is 10.2 Å². The highest BCUT2D eigenvalue weighted by atomic mass is 16.5. The van der Waals surface area contributed by atoms with Gasteiger partial charge >= 0.3 is 0 Å². The van der Waals surface area contributed by atoms with Crippen molar-refractivity contribution in [1.29, 1.82) is 0 Å². The molecule has 1 aromatic carbocycles. The van der Waals surface area contributed by atoms with Gasteiger partial charge in [0.2, 0.25) is 0 Å². The van der Waals surface area contributed by atoms with Crippen molar-refractivity contribution in [3.63, 3.8) is 0 Å². The van der Waals surface area contributed by atoms with Crippen LogP contribution in [-0.2, 0) is 12.0 Å². The van der Waals surface area contributed by atoms with E-state index in [1.807, 2.05) is 18.2 Å². The van der Waals surface area contributed by atoms with Crippen LogP contribution in [0.1, 0.15) is 30.9 Å². The van der Waals surface area contributed by atoms with Gasteiger partial charge in [0.15, 0.2) is 0 Å². The summed E-state index contributed by atoms with van der Waals surface area (Å²) in [5, 5.41) is 21.1. The first-order valence-electron chi connectivity index (χ1n) is 6.09. The Bertz CT molecular complexity index is 471. The third kappa shape index (κ3) is 1.19. The van der Waals surface area contributed by atoms with Crippen LogP contribution in [0, 0.1) is 5.41 Å². The van der Waals surface area contributed by atoms with Crippen LogP contribution in [0.4, 0.5) is 0 Å². The van der Waals surface area contributed by atoms with Gasteiger partial charge in [-0.25, -0.2) is 0 Å². The summed E-state index contributed by atoms with van der Waals surface area (Å²) in [6.07, 6.45) is 1.70. The van der Waals surface area contributed by atoms with E-state index in [0.29, 0.717) is 6.42 Å². The Kier molecular flexibility index (Phi) is 2.11. The van der Waals surface area contributed by atoms with E-state index in [1.165, 1.54) is 0 Å². The molecule has 1 aromatic rings. The van der Waals surface area contributed by atoms with Gasteiger partial charge in [0, 0.05) is 5.41 Å². The second-order valence-corrected chi connectivity index (χ2v) is 5.58. The van der Waals surface area contributed by atoms with Gasteiger partial charge in [-0.05, 0) is 42.5 Å². The van der Waals surface area contributed by atoms with Gasteiger partial charge in [0.1, 0.15) is 11.4 Å². The molecule has 0 heterocycles. The van der Waals surface area contributed by atoms with Crippen molar-refractivity contribution in [2.75, 3.05) is 7.11 Å². The first-order valence-corrected chi connectivity index (χ1v) is 6.09. The number of methoxy groups -OCH3 is 1. The Morgan fingerprint density at radius 2 is 2.18 bits per heavy atom. The lowest BCUT2D eigenvalue weighted by Gasteiger charge is -2.35. The van der Waals surface area contributed by atoms with Crippen LogP contribution in [0.3, 0.4) is 0 Å². The molecule has 1 fully saturated rings. The summed E-state index contributed by atoms with van der Waals surface area (Å²) in [6, 6.07) is 5.79. The summed E-state index contributed by atoms with van der Waals surface area (Å²) in [5.74, 6) is 0.737. The highest BCUT2D eigenvalue weighted by Gasteiger charge is 2.61. The van der Waals surface area contributed by atoms with Crippen molar-refractivity contribution < 1.29 is 14.9 Å². The van der Waals surface area contributed by atoms with E-state index in [1.54, 1.807) is 7.11 Å². The number of fused-ring (bicyclic) bond motifs is 3. The molecular formula is C14H18O3. The van der Waals surface area contributed by atoms with Crippen LogP contribution >= 0.6 is 0 Å². The van der Waals surface area contributed by atoms with Crippen molar-refractivity contribution in [3.05, 3.63) is 29.3 Å². The minimum atomic E-state index is -1.10. The van der Waals surface area contributed by atoms with E-state index >= 15 is 0 Å². The van der Waals surface area contributed by atoms with E-state index < -0.39 is 11.7 Å². The molecule has 3 nitrogen and oxygen atoms in total. The zero-order valence-corrected chi connectivity index (χ0v) is 10.2. The maximum absolute atomic E-state index is 10.9. The molecule has 0 saturated heterocycles. The molecule has 17 heavy (non-hydrogen) atoms. The second-order valence-electron chi connectivity index (χ2n) is 5.58. The number of aliphatic hydroxyl groups excluding tert-OH is 1. The summed E-state index contributed by atoms with van der Waals surface area (Å²) in [7, 11) is 1.62. The van der Waals surface area contributed by atoms with Crippen molar-refractivity contribution in [1.82, 2.24) is 0 Å². The molecular weight excluding hydrogens is 216 g/mol. The third-order valence-corrected chi connectivity index (χ3v) is 4.68. The average molecular weight is 234 g/mol. The standard InChI is InChI=1S/C14H18O3/c1-13-6-5-12(15)14(13,16)11-7-10(17-2)4-3-9(11)8-13/h3-4,7,12,15-16H,5-6,8H2,1-2H3/t12-,13+,14-/m0/s1.